The second-order valence-electron chi connectivity index (χ2n) is 17.3. The van der Waals surface area contributed by atoms with E-state index in [9.17, 15) is 19.8 Å². The van der Waals surface area contributed by atoms with Gasteiger partial charge in [0.15, 0.2) is 10.8 Å². The number of thiazole rings is 1. The van der Waals surface area contributed by atoms with Crippen LogP contribution in [0.1, 0.15) is 104 Å². The highest BCUT2D eigenvalue weighted by atomic mass is 32.1. The SMILES string of the molecule is CCC1(C)CC2(C)CC(C)(Cn3ncc(-c4ccc(N5CCc6c(O)ccc(C(=O)Nc7nc8ccccc8s7)c6C5)nc4C(=O)O)c3C)CC(ON)(C1)C2. The van der Waals surface area contributed by atoms with E-state index >= 15 is 0 Å². The molecule has 2 saturated carbocycles. The van der Waals surface area contributed by atoms with Crippen LogP contribution in [0.3, 0.4) is 0 Å². The maximum absolute atomic E-state index is 13.6. The number of fused-ring (bicyclic) bond motifs is 4. The van der Waals surface area contributed by atoms with E-state index in [0.717, 1.165) is 54.4 Å². The van der Waals surface area contributed by atoms with E-state index in [2.05, 4.69) is 38.0 Å². The number of anilines is 2. The standard InChI is InChI=1S/C42H49N7O5S/c1-6-39(3)19-40(4)20-41(5,23-42(21-39,22-40)54-43)24-49-25(2)29(17-44-49)27-12-14-34(46-35(27)37(52)53)48-16-15-26-30(18-48)28(11-13-32(26)50)36(51)47-38-45-31-9-7-8-10-33(31)55-38/h7-14,17,50H,6,15-16,18-24,43H2,1-5H3,(H,52,53)(H,45,47,51). The van der Waals surface area contributed by atoms with Crippen LogP contribution in [0.5, 0.6) is 5.75 Å². The number of nitrogens with one attached hydrogen (secondary N) is 1. The first-order valence-corrected chi connectivity index (χ1v) is 19.9. The number of phenols is 1. The molecule has 4 atom stereocenters. The van der Waals surface area contributed by atoms with E-state index in [0.29, 0.717) is 58.3 Å². The minimum atomic E-state index is -1.14. The third kappa shape index (κ3) is 6.76. The topological polar surface area (TPSA) is 169 Å². The molecule has 0 radical (unpaired) electrons. The van der Waals surface area contributed by atoms with Gasteiger partial charge in [-0.2, -0.15) is 5.10 Å². The molecule has 2 aliphatic carbocycles. The Morgan fingerprint density at radius 3 is 2.47 bits per heavy atom. The fourth-order valence-electron chi connectivity index (χ4n) is 10.8. The Kier molecular flexibility index (Phi) is 9.05. The molecule has 3 aromatic heterocycles. The van der Waals surface area contributed by atoms with Crippen LogP contribution in [-0.4, -0.2) is 54.0 Å². The largest absolute Gasteiger partial charge is 0.508 e. The molecule has 13 heteroatoms. The maximum atomic E-state index is 13.6. The van der Waals surface area contributed by atoms with E-state index in [1.54, 1.807) is 24.4 Å². The number of carboxylic acids is 1. The molecule has 1 amide bonds. The number of aromatic hydroxyl groups is 1. The Labute approximate surface area is 324 Å². The Morgan fingerprint density at radius 2 is 1.73 bits per heavy atom. The first-order chi connectivity index (χ1) is 26.1. The van der Waals surface area contributed by atoms with Crippen molar-refractivity contribution in [2.75, 3.05) is 16.8 Å². The van der Waals surface area contributed by atoms with Gasteiger partial charge in [-0.05, 0) is 104 Å². The number of carbonyl (C=O) groups is 2. The lowest BCUT2D eigenvalue weighted by Crippen LogP contribution is -2.58. The number of nitrogens with zero attached hydrogens (tertiary/aromatic N) is 5. The predicted octanol–water partition coefficient (Wildman–Crippen LogP) is 8.12. The van der Waals surface area contributed by atoms with Crippen molar-refractivity contribution in [3.63, 3.8) is 0 Å². The van der Waals surface area contributed by atoms with Crippen molar-refractivity contribution in [1.82, 2.24) is 19.7 Å². The molecule has 55 heavy (non-hydrogen) atoms. The van der Waals surface area contributed by atoms with E-state index in [1.807, 2.05) is 46.8 Å². The van der Waals surface area contributed by atoms with Gasteiger partial charge >= 0.3 is 5.97 Å². The summed E-state index contributed by atoms with van der Waals surface area (Å²) in [6, 6.07) is 14.5. The van der Waals surface area contributed by atoms with Gasteiger partial charge in [-0.3, -0.25) is 19.6 Å². The number of pyridine rings is 1. The number of carbonyl (C=O) groups excluding carboxylic acids is 1. The number of para-hydroxylation sites is 1. The highest BCUT2D eigenvalue weighted by molar-refractivity contribution is 7.22. The van der Waals surface area contributed by atoms with Gasteiger partial charge in [-0.1, -0.05) is 57.6 Å². The summed E-state index contributed by atoms with van der Waals surface area (Å²) in [6.07, 6.45) is 8.15. The van der Waals surface area contributed by atoms with Gasteiger partial charge in [0, 0.05) is 47.6 Å². The number of nitrogens with two attached hydrogens (primary N) is 1. The summed E-state index contributed by atoms with van der Waals surface area (Å²) in [4.78, 5) is 43.5. The van der Waals surface area contributed by atoms with Crippen molar-refractivity contribution in [1.29, 1.82) is 0 Å². The molecular formula is C42H49N7O5S. The third-order valence-corrected chi connectivity index (χ3v) is 13.5. The zero-order chi connectivity index (χ0) is 38.9. The van der Waals surface area contributed by atoms with Crippen LogP contribution in [0.15, 0.2) is 54.7 Å². The fourth-order valence-corrected chi connectivity index (χ4v) is 11.6. The monoisotopic (exact) mass is 763 g/mol. The molecular weight excluding hydrogens is 715 g/mol. The number of carboxylic acid groups (broad SMARTS) is 1. The van der Waals surface area contributed by atoms with Gasteiger partial charge < -0.3 is 15.1 Å². The molecule has 4 heterocycles. The summed E-state index contributed by atoms with van der Waals surface area (Å²) < 4.78 is 2.96. The zero-order valence-electron chi connectivity index (χ0n) is 32.1. The van der Waals surface area contributed by atoms with E-state index < -0.39 is 5.97 Å². The summed E-state index contributed by atoms with van der Waals surface area (Å²) >= 11 is 1.39. The van der Waals surface area contributed by atoms with Gasteiger partial charge in [-0.15, -0.1) is 0 Å². The van der Waals surface area contributed by atoms with E-state index in [4.69, 9.17) is 20.8 Å². The molecule has 3 aliphatic rings. The third-order valence-electron chi connectivity index (χ3n) is 12.5. The normalized spacial score (nSPS) is 26.2. The quantitative estimate of drug-likeness (QED) is 0.108. The molecule has 8 rings (SSSR count). The molecule has 2 fully saturated rings. The fraction of sp³-hybridized carbons (Fsp3) is 0.452. The second kappa shape index (κ2) is 13.4. The Balaban J connectivity index is 1.04. The number of rotatable bonds is 9. The first-order valence-electron chi connectivity index (χ1n) is 19.0. The molecule has 0 spiro atoms. The van der Waals surface area contributed by atoms with Gasteiger partial charge in [0.25, 0.3) is 5.91 Å². The summed E-state index contributed by atoms with van der Waals surface area (Å²) in [6.45, 7) is 12.7. The second-order valence-corrected chi connectivity index (χ2v) is 18.4. The van der Waals surface area contributed by atoms with E-state index in [-0.39, 0.29) is 45.7 Å². The highest BCUT2D eigenvalue weighted by Crippen LogP contribution is 2.63. The molecule has 1 aliphatic heterocycles. The average Bonchev–Trinajstić information content (AvgIpc) is 3.71. The van der Waals surface area contributed by atoms with Crippen molar-refractivity contribution in [3.8, 4) is 16.9 Å². The number of aromatic carboxylic acids is 1. The molecule has 2 bridgehead atoms. The van der Waals surface area contributed by atoms with Crippen molar-refractivity contribution in [2.24, 2.45) is 22.1 Å². The highest BCUT2D eigenvalue weighted by Gasteiger charge is 2.59. The van der Waals surface area contributed by atoms with E-state index in [1.165, 1.54) is 11.3 Å². The molecule has 288 valence electrons. The van der Waals surface area contributed by atoms with Crippen LogP contribution in [0, 0.1) is 23.2 Å². The number of hydrogen-bond donors (Lipinski definition) is 4. The molecule has 0 saturated heterocycles. The van der Waals surface area contributed by atoms with Crippen LogP contribution in [0.4, 0.5) is 10.9 Å². The van der Waals surface area contributed by atoms with Gasteiger partial charge in [0.05, 0.1) is 22.0 Å². The van der Waals surface area contributed by atoms with Gasteiger partial charge in [0.2, 0.25) is 0 Å². The van der Waals surface area contributed by atoms with Crippen LogP contribution in [0.25, 0.3) is 21.3 Å². The molecule has 12 nitrogen and oxygen atoms in total. The molecule has 4 unspecified atom stereocenters. The number of amides is 1. The lowest BCUT2D eigenvalue weighted by molar-refractivity contribution is -0.199. The Hall–Kier alpha value is -4.85. The summed E-state index contributed by atoms with van der Waals surface area (Å²) in [5.74, 6) is 5.21. The average molecular weight is 764 g/mol. The Bertz CT molecular complexity index is 2300. The molecule has 5 N–H and O–H groups in total. The van der Waals surface area contributed by atoms with Crippen LogP contribution < -0.4 is 16.1 Å². The molecule has 5 aromatic rings. The lowest BCUT2D eigenvalue weighted by Gasteiger charge is -2.61. The van der Waals surface area contributed by atoms with Crippen molar-refractivity contribution in [2.45, 2.75) is 98.3 Å². The molecule has 2 aromatic carbocycles. The smallest absolute Gasteiger partial charge is 0.355 e. The summed E-state index contributed by atoms with van der Waals surface area (Å²) in [7, 11) is 0. The van der Waals surface area contributed by atoms with Crippen LogP contribution in [0.2, 0.25) is 0 Å². The first kappa shape index (κ1) is 37.1. The summed E-state index contributed by atoms with van der Waals surface area (Å²) in [5.41, 5.74) is 4.34. The van der Waals surface area contributed by atoms with Gasteiger partial charge in [0.1, 0.15) is 11.6 Å². The minimum Gasteiger partial charge on any atom is -0.508 e. The zero-order valence-corrected chi connectivity index (χ0v) is 32.9. The number of phenolic OH excluding ortho intramolecular Hbond substituents is 1. The Morgan fingerprint density at radius 1 is 0.964 bits per heavy atom. The number of aromatic nitrogens is 4. The van der Waals surface area contributed by atoms with Crippen molar-refractivity contribution < 1.29 is 24.6 Å². The van der Waals surface area contributed by atoms with Crippen molar-refractivity contribution >= 4 is 44.4 Å². The number of hydrogen-bond acceptors (Lipinski definition) is 10. The minimum absolute atomic E-state index is 0.0732. The predicted molar refractivity (Wildman–Crippen MR) is 213 cm³/mol. The van der Waals surface area contributed by atoms with Crippen LogP contribution >= 0.6 is 11.3 Å². The lowest BCUT2D eigenvalue weighted by atomic mass is 9.47. The van der Waals surface area contributed by atoms with Crippen LogP contribution in [-0.2, 0) is 24.3 Å². The maximum Gasteiger partial charge on any atom is 0.355 e. The van der Waals surface area contributed by atoms with Gasteiger partial charge in [-0.25, -0.2) is 20.7 Å². The van der Waals surface area contributed by atoms with Crippen molar-refractivity contribution in [3.05, 3.63) is 82.8 Å². The summed E-state index contributed by atoms with van der Waals surface area (Å²) in [5, 5.41) is 29.5. The number of benzene rings is 2.